The maximum absolute atomic E-state index is 6.51. The number of rotatable bonds is 5. The Morgan fingerprint density at radius 3 is 2.13 bits per heavy atom. The van der Waals surface area contributed by atoms with Crippen LogP contribution in [0.25, 0.3) is 94.7 Å². The Morgan fingerprint density at radius 2 is 1.32 bits per heavy atom. The van der Waals surface area contributed by atoms with Gasteiger partial charge < -0.3 is 8.98 Å². The van der Waals surface area contributed by atoms with Gasteiger partial charge in [-0.25, -0.2) is 4.98 Å². The van der Waals surface area contributed by atoms with Crippen molar-refractivity contribution in [1.82, 2.24) is 9.55 Å². The van der Waals surface area contributed by atoms with Crippen LogP contribution in [0.15, 0.2) is 151 Å². The SMILES string of the molecule is C=Cc1c(/C=C\C)c2ccc(-c3ccc(-c4nc5ccccc5c5c4ccc4c6ccccc6oc45)cc3)cc2n1-c1ccccc1. The largest absolute Gasteiger partial charge is 0.455 e. The summed E-state index contributed by atoms with van der Waals surface area (Å²) in [4.78, 5) is 5.20. The van der Waals surface area contributed by atoms with E-state index in [1.54, 1.807) is 0 Å². The molecule has 3 aromatic heterocycles. The van der Waals surface area contributed by atoms with E-state index in [0.29, 0.717) is 0 Å². The number of fused-ring (bicyclic) bond motifs is 8. The third-order valence-electron chi connectivity index (χ3n) is 9.29. The Labute approximate surface area is 272 Å². The minimum absolute atomic E-state index is 0.898. The van der Waals surface area contributed by atoms with Crippen LogP contribution in [0.4, 0.5) is 0 Å². The summed E-state index contributed by atoms with van der Waals surface area (Å²) in [5.74, 6) is 0. The lowest BCUT2D eigenvalue weighted by Crippen LogP contribution is -1.96. The molecule has 0 aliphatic heterocycles. The van der Waals surface area contributed by atoms with E-state index in [9.17, 15) is 0 Å². The number of nitrogens with zero attached hydrogens (tertiary/aromatic N) is 2. The maximum atomic E-state index is 6.51. The van der Waals surface area contributed by atoms with Gasteiger partial charge in [-0.15, -0.1) is 0 Å². The predicted octanol–water partition coefficient (Wildman–Crippen LogP) is 12.2. The van der Waals surface area contributed by atoms with Crippen molar-refractivity contribution in [3.63, 3.8) is 0 Å². The maximum Gasteiger partial charge on any atom is 0.144 e. The Balaban J connectivity index is 1.21. The van der Waals surface area contributed by atoms with Gasteiger partial charge in [0, 0.05) is 49.1 Å². The van der Waals surface area contributed by atoms with Gasteiger partial charge in [-0.05, 0) is 60.5 Å². The summed E-state index contributed by atoms with van der Waals surface area (Å²) >= 11 is 0. The molecule has 3 heteroatoms. The first kappa shape index (κ1) is 27.1. The summed E-state index contributed by atoms with van der Waals surface area (Å²) in [5.41, 5.74) is 11.6. The van der Waals surface area contributed by atoms with Gasteiger partial charge in [0.15, 0.2) is 0 Å². The van der Waals surface area contributed by atoms with Crippen molar-refractivity contribution in [1.29, 1.82) is 0 Å². The van der Waals surface area contributed by atoms with E-state index in [1.807, 2.05) is 24.3 Å². The molecule has 0 saturated heterocycles. The van der Waals surface area contributed by atoms with E-state index in [0.717, 1.165) is 82.9 Å². The number of pyridine rings is 1. The topological polar surface area (TPSA) is 31.0 Å². The van der Waals surface area contributed by atoms with Gasteiger partial charge >= 0.3 is 0 Å². The fourth-order valence-electron chi connectivity index (χ4n) is 7.17. The first-order valence-corrected chi connectivity index (χ1v) is 16.0. The summed E-state index contributed by atoms with van der Waals surface area (Å²) in [6.45, 7) is 6.23. The van der Waals surface area contributed by atoms with Gasteiger partial charge in [0.1, 0.15) is 11.2 Å². The van der Waals surface area contributed by atoms with Crippen LogP contribution in [0.5, 0.6) is 0 Å². The van der Waals surface area contributed by atoms with Crippen LogP contribution in [-0.4, -0.2) is 9.55 Å². The van der Waals surface area contributed by atoms with Crippen molar-refractivity contribution in [2.75, 3.05) is 0 Å². The second-order valence-corrected chi connectivity index (χ2v) is 11.9. The van der Waals surface area contributed by atoms with Crippen molar-refractivity contribution in [2.45, 2.75) is 6.92 Å². The third-order valence-corrected chi connectivity index (χ3v) is 9.29. The van der Waals surface area contributed by atoms with Gasteiger partial charge in [0.2, 0.25) is 0 Å². The Kier molecular flexibility index (Phi) is 6.19. The van der Waals surface area contributed by atoms with Crippen molar-refractivity contribution in [3.8, 4) is 28.1 Å². The monoisotopic (exact) mass is 602 g/mol. The number of hydrogen-bond acceptors (Lipinski definition) is 2. The molecule has 0 saturated carbocycles. The first-order chi connectivity index (χ1) is 23.2. The van der Waals surface area contributed by atoms with Crippen LogP contribution >= 0.6 is 0 Å². The molecule has 0 aliphatic rings. The standard InChI is InChI=1S/C44H30N2O/c1-3-12-32-33-24-23-30(27-40(33)46(39(32)4-2)31-13-6-5-7-14-31)28-19-21-29(22-20-28)43-37-26-25-35-34-15-9-11-18-41(34)47-44(35)42(37)36-16-8-10-17-38(36)45-43/h3-27H,2H2,1H3/b12-3-. The molecule has 9 aromatic rings. The second kappa shape index (κ2) is 10.7. The molecule has 3 nitrogen and oxygen atoms in total. The highest BCUT2D eigenvalue weighted by atomic mass is 16.3. The number of furan rings is 1. The molecule has 9 rings (SSSR count). The second-order valence-electron chi connectivity index (χ2n) is 11.9. The van der Waals surface area contributed by atoms with Crippen LogP contribution in [0.1, 0.15) is 18.2 Å². The van der Waals surface area contributed by atoms with Crippen LogP contribution in [-0.2, 0) is 0 Å². The van der Waals surface area contributed by atoms with Crippen molar-refractivity contribution in [2.24, 2.45) is 0 Å². The van der Waals surface area contributed by atoms with Crippen LogP contribution in [0.3, 0.4) is 0 Å². The smallest absolute Gasteiger partial charge is 0.144 e. The average molecular weight is 603 g/mol. The zero-order chi connectivity index (χ0) is 31.5. The van der Waals surface area contributed by atoms with Crippen LogP contribution in [0, 0.1) is 0 Å². The van der Waals surface area contributed by atoms with Gasteiger partial charge in [-0.3, -0.25) is 0 Å². The quantitative estimate of drug-likeness (QED) is 0.184. The minimum Gasteiger partial charge on any atom is -0.455 e. The lowest BCUT2D eigenvalue weighted by molar-refractivity contribution is 0.673. The highest BCUT2D eigenvalue weighted by molar-refractivity contribution is 6.24. The summed E-state index contributed by atoms with van der Waals surface area (Å²) in [6, 6.07) is 47.0. The van der Waals surface area contributed by atoms with E-state index in [4.69, 9.17) is 9.40 Å². The molecule has 0 fully saturated rings. The van der Waals surface area contributed by atoms with Gasteiger partial charge in [0.05, 0.1) is 22.4 Å². The van der Waals surface area contributed by atoms with E-state index in [2.05, 4.69) is 145 Å². The average Bonchev–Trinajstić information content (AvgIpc) is 3.67. The molecule has 0 bridgehead atoms. The van der Waals surface area contributed by atoms with Crippen molar-refractivity contribution < 1.29 is 4.42 Å². The number of para-hydroxylation sites is 3. The highest BCUT2D eigenvalue weighted by Gasteiger charge is 2.18. The van der Waals surface area contributed by atoms with Gasteiger partial charge in [-0.2, -0.15) is 0 Å². The molecule has 0 atom stereocenters. The van der Waals surface area contributed by atoms with Crippen LogP contribution < -0.4 is 0 Å². The summed E-state index contributed by atoms with van der Waals surface area (Å²) < 4.78 is 8.82. The molecule has 222 valence electrons. The van der Waals surface area contributed by atoms with E-state index >= 15 is 0 Å². The lowest BCUT2D eigenvalue weighted by atomic mass is 9.96. The predicted molar refractivity (Wildman–Crippen MR) is 199 cm³/mol. The van der Waals surface area contributed by atoms with Gasteiger partial charge in [-0.1, -0.05) is 116 Å². The lowest BCUT2D eigenvalue weighted by Gasteiger charge is -2.12. The molecular formula is C44H30N2O. The normalized spacial score (nSPS) is 11.9. The fraction of sp³-hybridized carbons (Fsp3) is 0.0227. The molecule has 0 spiro atoms. The minimum atomic E-state index is 0.898. The van der Waals surface area contributed by atoms with Gasteiger partial charge in [0.25, 0.3) is 0 Å². The fourth-order valence-corrected chi connectivity index (χ4v) is 7.17. The molecule has 0 radical (unpaired) electrons. The highest BCUT2D eigenvalue weighted by Crippen LogP contribution is 2.41. The number of aromatic nitrogens is 2. The van der Waals surface area contributed by atoms with E-state index < -0.39 is 0 Å². The zero-order valence-electron chi connectivity index (χ0n) is 25.9. The summed E-state index contributed by atoms with van der Waals surface area (Å²) in [7, 11) is 0. The van der Waals surface area contributed by atoms with Crippen molar-refractivity contribution >= 4 is 66.7 Å². The molecule has 0 amide bonds. The van der Waals surface area contributed by atoms with E-state index in [-0.39, 0.29) is 0 Å². The molecule has 0 aliphatic carbocycles. The van der Waals surface area contributed by atoms with E-state index in [1.165, 1.54) is 10.9 Å². The Hall–Kier alpha value is -6.19. The first-order valence-electron chi connectivity index (χ1n) is 16.0. The third kappa shape index (κ3) is 4.17. The molecule has 0 unspecified atom stereocenters. The molecule has 6 aromatic carbocycles. The zero-order valence-corrected chi connectivity index (χ0v) is 25.9. The number of benzene rings is 6. The number of hydrogen-bond donors (Lipinski definition) is 0. The molecule has 3 heterocycles. The number of allylic oxidation sites excluding steroid dienone is 1. The molecule has 47 heavy (non-hydrogen) atoms. The Morgan fingerprint density at radius 1 is 0.638 bits per heavy atom. The molecular weight excluding hydrogens is 572 g/mol. The Bertz CT molecular complexity index is 2690. The van der Waals surface area contributed by atoms with Crippen molar-refractivity contribution in [3.05, 3.63) is 157 Å². The van der Waals surface area contributed by atoms with Crippen LogP contribution in [0.2, 0.25) is 0 Å². The summed E-state index contributed by atoms with van der Waals surface area (Å²) in [6.07, 6.45) is 6.22. The molecule has 0 N–H and O–H groups in total. The summed E-state index contributed by atoms with van der Waals surface area (Å²) in [5, 5.41) is 6.73.